The number of benzene rings is 3. The maximum Gasteiger partial charge on any atom is 0.224 e. The minimum Gasteiger partial charge on any atom is -0.492 e. The molecule has 0 heterocycles. The van der Waals surface area contributed by atoms with Crippen molar-refractivity contribution in [2.45, 2.75) is 19.8 Å². The van der Waals surface area contributed by atoms with Crippen molar-refractivity contribution >= 4 is 23.0 Å². The number of carbonyl (C=O) groups excluding carboxylic acids is 1. The maximum absolute atomic E-state index is 12.1. The highest BCUT2D eigenvalue weighted by Gasteiger charge is 2.05. The number of hydrogen-bond acceptors (Lipinski definition) is 3. The molecule has 0 saturated carbocycles. The van der Waals surface area contributed by atoms with Crippen LogP contribution in [0.15, 0.2) is 78.9 Å². The summed E-state index contributed by atoms with van der Waals surface area (Å²) in [5.74, 6) is 0.833. The number of nitrogens with one attached hydrogen (secondary N) is 2. The monoisotopic (exact) mass is 360 g/mol. The summed E-state index contributed by atoms with van der Waals surface area (Å²) in [6, 6.07) is 25.5. The fourth-order valence-electron chi connectivity index (χ4n) is 2.77. The Hall–Kier alpha value is -3.27. The number of rotatable bonds is 8. The molecule has 0 spiro atoms. The minimum absolute atomic E-state index is 0.0150. The molecule has 0 atom stereocenters. The van der Waals surface area contributed by atoms with Crippen LogP contribution in [-0.2, 0) is 11.2 Å². The normalized spacial score (nSPS) is 10.3. The molecular formula is C23H24N2O2. The number of amides is 1. The van der Waals surface area contributed by atoms with E-state index in [1.807, 2.05) is 85.8 Å². The molecule has 3 aromatic carbocycles. The summed E-state index contributed by atoms with van der Waals surface area (Å²) in [5, 5.41) is 6.29. The van der Waals surface area contributed by atoms with Crippen molar-refractivity contribution in [2.24, 2.45) is 0 Å². The fraction of sp³-hybridized carbons (Fsp3) is 0.174. The van der Waals surface area contributed by atoms with E-state index in [0.29, 0.717) is 13.0 Å². The molecule has 27 heavy (non-hydrogen) atoms. The van der Waals surface area contributed by atoms with Crippen LogP contribution in [-0.4, -0.2) is 12.5 Å². The van der Waals surface area contributed by atoms with Crippen molar-refractivity contribution in [3.8, 4) is 5.75 Å². The van der Waals surface area contributed by atoms with Gasteiger partial charge in [-0.25, -0.2) is 0 Å². The zero-order valence-corrected chi connectivity index (χ0v) is 15.4. The van der Waals surface area contributed by atoms with Gasteiger partial charge in [-0.2, -0.15) is 0 Å². The van der Waals surface area contributed by atoms with E-state index in [9.17, 15) is 4.79 Å². The average molecular weight is 360 g/mol. The van der Waals surface area contributed by atoms with Gasteiger partial charge in [-0.15, -0.1) is 0 Å². The molecule has 0 aliphatic heterocycles. The summed E-state index contributed by atoms with van der Waals surface area (Å²) >= 11 is 0. The molecule has 0 aromatic heterocycles. The topological polar surface area (TPSA) is 50.4 Å². The van der Waals surface area contributed by atoms with Crippen LogP contribution in [0.3, 0.4) is 0 Å². The van der Waals surface area contributed by atoms with Gasteiger partial charge < -0.3 is 15.4 Å². The molecule has 0 bridgehead atoms. The number of aryl methyl sites for hydroxylation is 1. The van der Waals surface area contributed by atoms with Gasteiger partial charge in [-0.3, -0.25) is 4.79 Å². The molecule has 0 radical (unpaired) electrons. The molecule has 2 N–H and O–H groups in total. The second-order valence-corrected chi connectivity index (χ2v) is 6.17. The van der Waals surface area contributed by atoms with Crippen LogP contribution in [0.5, 0.6) is 5.75 Å². The molecule has 138 valence electrons. The lowest BCUT2D eigenvalue weighted by molar-refractivity contribution is -0.116. The molecule has 0 aliphatic carbocycles. The predicted molar refractivity (Wildman–Crippen MR) is 111 cm³/mol. The Morgan fingerprint density at radius 1 is 0.852 bits per heavy atom. The van der Waals surface area contributed by atoms with Crippen molar-refractivity contribution in [3.05, 3.63) is 84.4 Å². The fourth-order valence-corrected chi connectivity index (χ4v) is 2.77. The Morgan fingerprint density at radius 2 is 1.52 bits per heavy atom. The smallest absolute Gasteiger partial charge is 0.224 e. The second-order valence-electron chi connectivity index (χ2n) is 6.17. The third kappa shape index (κ3) is 5.61. The lowest BCUT2D eigenvalue weighted by Crippen LogP contribution is -2.12. The molecule has 0 aliphatic rings. The van der Waals surface area contributed by atoms with Crippen LogP contribution in [0, 0.1) is 0 Å². The maximum atomic E-state index is 12.1. The molecular weight excluding hydrogens is 336 g/mol. The van der Waals surface area contributed by atoms with Crippen LogP contribution < -0.4 is 15.4 Å². The first kappa shape index (κ1) is 18.5. The molecule has 0 unspecified atom stereocenters. The first-order valence-electron chi connectivity index (χ1n) is 9.17. The zero-order chi connectivity index (χ0) is 18.9. The van der Waals surface area contributed by atoms with Gasteiger partial charge in [0, 0.05) is 17.8 Å². The first-order chi connectivity index (χ1) is 13.2. The summed E-state index contributed by atoms with van der Waals surface area (Å²) in [6.45, 7) is 2.58. The summed E-state index contributed by atoms with van der Waals surface area (Å²) in [4.78, 5) is 12.1. The molecule has 3 rings (SSSR count). The standard InChI is InChI=1S/C23H24N2O2/c1-2-27-22-11-7-6-10-21(22)24-19-13-15-20(16-14-19)25-23(26)17-12-18-8-4-3-5-9-18/h3-11,13-16,24H,2,12,17H2,1H3,(H,25,26). The van der Waals surface area contributed by atoms with Gasteiger partial charge >= 0.3 is 0 Å². The second kappa shape index (κ2) is 9.43. The summed E-state index contributed by atoms with van der Waals surface area (Å²) < 4.78 is 5.63. The molecule has 4 nitrogen and oxygen atoms in total. The molecule has 1 amide bonds. The summed E-state index contributed by atoms with van der Waals surface area (Å²) in [7, 11) is 0. The van der Waals surface area contributed by atoms with E-state index < -0.39 is 0 Å². The van der Waals surface area contributed by atoms with Gasteiger partial charge in [0.15, 0.2) is 0 Å². The molecule has 0 saturated heterocycles. The lowest BCUT2D eigenvalue weighted by Gasteiger charge is -2.13. The van der Waals surface area contributed by atoms with E-state index in [4.69, 9.17) is 4.74 Å². The van der Waals surface area contributed by atoms with E-state index in [0.717, 1.165) is 29.2 Å². The average Bonchev–Trinajstić information content (AvgIpc) is 2.70. The Morgan fingerprint density at radius 3 is 2.26 bits per heavy atom. The summed E-state index contributed by atoms with van der Waals surface area (Å²) in [6.07, 6.45) is 1.20. The van der Waals surface area contributed by atoms with E-state index in [1.54, 1.807) is 0 Å². The summed E-state index contributed by atoms with van der Waals surface area (Å²) in [5.41, 5.74) is 3.81. The van der Waals surface area contributed by atoms with Crippen LogP contribution in [0.4, 0.5) is 17.1 Å². The highest BCUT2D eigenvalue weighted by atomic mass is 16.5. The van der Waals surface area contributed by atoms with Gasteiger partial charge in [0.25, 0.3) is 0 Å². The third-order valence-electron chi connectivity index (χ3n) is 4.12. The van der Waals surface area contributed by atoms with Gasteiger partial charge in [0.05, 0.1) is 12.3 Å². The van der Waals surface area contributed by atoms with Crippen LogP contribution in [0.25, 0.3) is 0 Å². The van der Waals surface area contributed by atoms with E-state index >= 15 is 0 Å². The Kier molecular flexibility index (Phi) is 6.47. The van der Waals surface area contributed by atoms with Crippen molar-refractivity contribution in [2.75, 3.05) is 17.2 Å². The van der Waals surface area contributed by atoms with Crippen molar-refractivity contribution in [1.82, 2.24) is 0 Å². The quantitative estimate of drug-likeness (QED) is 0.565. The van der Waals surface area contributed by atoms with Crippen molar-refractivity contribution in [3.63, 3.8) is 0 Å². The van der Waals surface area contributed by atoms with Crippen LogP contribution >= 0.6 is 0 Å². The van der Waals surface area contributed by atoms with E-state index in [-0.39, 0.29) is 5.91 Å². The van der Waals surface area contributed by atoms with E-state index in [1.165, 1.54) is 5.56 Å². The highest BCUT2D eigenvalue weighted by Crippen LogP contribution is 2.27. The lowest BCUT2D eigenvalue weighted by atomic mass is 10.1. The SMILES string of the molecule is CCOc1ccccc1Nc1ccc(NC(=O)CCc2ccccc2)cc1. The first-order valence-corrected chi connectivity index (χ1v) is 9.17. The Balaban J connectivity index is 1.55. The zero-order valence-electron chi connectivity index (χ0n) is 15.4. The van der Waals surface area contributed by atoms with Gasteiger partial charge in [0.1, 0.15) is 5.75 Å². The largest absolute Gasteiger partial charge is 0.492 e. The van der Waals surface area contributed by atoms with Crippen LogP contribution in [0.1, 0.15) is 18.9 Å². The molecule has 0 fully saturated rings. The van der Waals surface area contributed by atoms with E-state index in [2.05, 4.69) is 10.6 Å². The Bertz CT molecular complexity index is 861. The van der Waals surface area contributed by atoms with Crippen molar-refractivity contribution in [1.29, 1.82) is 0 Å². The Labute approximate surface area is 160 Å². The number of hydrogen-bond donors (Lipinski definition) is 2. The number of ether oxygens (including phenoxy) is 1. The predicted octanol–water partition coefficient (Wildman–Crippen LogP) is 5.40. The number of carbonyl (C=O) groups is 1. The van der Waals surface area contributed by atoms with Crippen molar-refractivity contribution < 1.29 is 9.53 Å². The number of para-hydroxylation sites is 2. The van der Waals surface area contributed by atoms with Gasteiger partial charge in [0.2, 0.25) is 5.91 Å². The third-order valence-corrected chi connectivity index (χ3v) is 4.12. The van der Waals surface area contributed by atoms with Gasteiger partial charge in [-0.05, 0) is 55.3 Å². The molecule has 3 aromatic rings. The number of anilines is 3. The molecule has 4 heteroatoms. The van der Waals surface area contributed by atoms with Gasteiger partial charge in [-0.1, -0.05) is 42.5 Å². The highest BCUT2D eigenvalue weighted by molar-refractivity contribution is 5.91. The minimum atomic E-state index is 0.0150. The van der Waals surface area contributed by atoms with Crippen LogP contribution in [0.2, 0.25) is 0 Å².